The number of piperidine rings is 1. The summed E-state index contributed by atoms with van der Waals surface area (Å²) < 4.78 is 1.03. The molecular weight excluding hydrogens is 304 g/mol. The van der Waals surface area contributed by atoms with Gasteiger partial charge in [0, 0.05) is 16.6 Å². The Balaban J connectivity index is 1.78. The number of carbonyl (C=O) groups is 1. The van der Waals surface area contributed by atoms with Crippen LogP contribution >= 0.6 is 15.9 Å². The van der Waals surface area contributed by atoms with Gasteiger partial charge in [-0.3, -0.25) is 4.79 Å². The lowest BCUT2D eigenvalue weighted by Gasteiger charge is -2.22. The van der Waals surface area contributed by atoms with Gasteiger partial charge in [0.15, 0.2) is 0 Å². The molecule has 0 aliphatic carbocycles. The number of anilines is 1. The standard InChI is InChI=1S/C15H21BrN2O/c1-11-4-6-13(9-14(11)16)18-15(19)7-5-12-3-2-8-17-10-12/h4,6,9,12,17H,2-3,5,7-8,10H2,1H3,(H,18,19). The number of hydrogen-bond donors (Lipinski definition) is 2. The van der Waals surface area contributed by atoms with E-state index in [4.69, 9.17) is 0 Å². The van der Waals surface area contributed by atoms with Crippen molar-refractivity contribution < 1.29 is 4.79 Å². The third-order valence-corrected chi connectivity index (χ3v) is 4.49. The van der Waals surface area contributed by atoms with Gasteiger partial charge in [-0.25, -0.2) is 0 Å². The Kier molecular flexibility index (Phi) is 5.40. The fourth-order valence-corrected chi connectivity index (χ4v) is 2.78. The van der Waals surface area contributed by atoms with Crippen LogP contribution in [0.2, 0.25) is 0 Å². The third-order valence-electron chi connectivity index (χ3n) is 3.63. The quantitative estimate of drug-likeness (QED) is 0.890. The smallest absolute Gasteiger partial charge is 0.224 e. The Morgan fingerprint density at radius 2 is 2.37 bits per heavy atom. The van der Waals surface area contributed by atoms with Crippen LogP contribution in [0.3, 0.4) is 0 Å². The Morgan fingerprint density at radius 3 is 3.05 bits per heavy atom. The van der Waals surface area contributed by atoms with Crippen LogP contribution < -0.4 is 10.6 Å². The van der Waals surface area contributed by atoms with Crippen LogP contribution in [0, 0.1) is 12.8 Å². The van der Waals surface area contributed by atoms with Gasteiger partial charge in [-0.1, -0.05) is 22.0 Å². The first-order valence-corrected chi connectivity index (χ1v) is 7.71. The second kappa shape index (κ2) is 7.06. The van der Waals surface area contributed by atoms with Crippen molar-refractivity contribution in [1.82, 2.24) is 5.32 Å². The number of hydrogen-bond acceptors (Lipinski definition) is 2. The third kappa shape index (κ3) is 4.62. The second-order valence-electron chi connectivity index (χ2n) is 5.26. The number of carbonyl (C=O) groups excluding carboxylic acids is 1. The van der Waals surface area contributed by atoms with Crippen LogP contribution in [0.5, 0.6) is 0 Å². The molecule has 0 radical (unpaired) electrons. The first-order chi connectivity index (χ1) is 9.15. The molecule has 1 aromatic carbocycles. The van der Waals surface area contributed by atoms with E-state index in [1.54, 1.807) is 0 Å². The molecule has 0 bridgehead atoms. The van der Waals surface area contributed by atoms with Crippen LogP contribution in [-0.4, -0.2) is 19.0 Å². The monoisotopic (exact) mass is 324 g/mol. The van der Waals surface area contributed by atoms with Crippen LogP contribution in [0.1, 0.15) is 31.2 Å². The highest BCUT2D eigenvalue weighted by Gasteiger charge is 2.14. The molecule has 1 aliphatic heterocycles. The maximum absolute atomic E-state index is 11.9. The largest absolute Gasteiger partial charge is 0.326 e. The van der Waals surface area contributed by atoms with Crippen molar-refractivity contribution in [3.63, 3.8) is 0 Å². The van der Waals surface area contributed by atoms with E-state index in [1.807, 2.05) is 25.1 Å². The lowest BCUT2D eigenvalue weighted by atomic mass is 9.94. The van der Waals surface area contributed by atoms with Crippen molar-refractivity contribution in [2.45, 2.75) is 32.6 Å². The van der Waals surface area contributed by atoms with E-state index in [-0.39, 0.29) is 5.91 Å². The summed E-state index contributed by atoms with van der Waals surface area (Å²) in [6, 6.07) is 5.90. The normalized spacial score (nSPS) is 19.2. The van der Waals surface area contributed by atoms with Gasteiger partial charge in [0.1, 0.15) is 0 Å². The lowest BCUT2D eigenvalue weighted by molar-refractivity contribution is -0.116. The lowest BCUT2D eigenvalue weighted by Crippen LogP contribution is -2.30. The predicted molar refractivity (Wildman–Crippen MR) is 82.3 cm³/mol. The molecule has 2 N–H and O–H groups in total. The van der Waals surface area contributed by atoms with E-state index < -0.39 is 0 Å². The molecule has 1 unspecified atom stereocenters. The topological polar surface area (TPSA) is 41.1 Å². The first kappa shape index (κ1) is 14.5. The van der Waals surface area contributed by atoms with Crippen molar-refractivity contribution in [1.29, 1.82) is 0 Å². The van der Waals surface area contributed by atoms with Crippen molar-refractivity contribution in [2.75, 3.05) is 18.4 Å². The van der Waals surface area contributed by atoms with E-state index >= 15 is 0 Å². The summed E-state index contributed by atoms with van der Waals surface area (Å²) in [6.45, 7) is 4.22. The Labute approximate surface area is 123 Å². The highest BCUT2D eigenvalue weighted by molar-refractivity contribution is 9.10. The average Bonchev–Trinajstić information content (AvgIpc) is 2.42. The summed E-state index contributed by atoms with van der Waals surface area (Å²) in [7, 11) is 0. The van der Waals surface area contributed by atoms with Gasteiger partial charge in [0.05, 0.1) is 0 Å². The van der Waals surface area contributed by atoms with E-state index in [2.05, 4.69) is 26.6 Å². The van der Waals surface area contributed by atoms with Crippen LogP contribution in [-0.2, 0) is 4.79 Å². The summed E-state index contributed by atoms with van der Waals surface area (Å²) in [5.74, 6) is 0.769. The van der Waals surface area contributed by atoms with Crippen molar-refractivity contribution >= 4 is 27.5 Å². The van der Waals surface area contributed by atoms with Crippen LogP contribution in [0.4, 0.5) is 5.69 Å². The maximum Gasteiger partial charge on any atom is 0.224 e. The number of rotatable bonds is 4. The molecule has 2 rings (SSSR count). The summed E-state index contributed by atoms with van der Waals surface area (Å²) in [5, 5.41) is 6.34. The minimum atomic E-state index is 0.112. The van der Waals surface area contributed by atoms with Gasteiger partial charge >= 0.3 is 0 Å². The fourth-order valence-electron chi connectivity index (χ4n) is 2.40. The number of halogens is 1. The zero-order valence-electron chi connectivity index (χ0n) is 11.3. The van der Waals surface area contributed by atoms with Crippen molar-refractivity contribution in [3.8, 4) is 0 Å². The molecule has 1 fully saturated rings. The summed E-state index contributed by atoms with van der Waals surface area (Å²) >= 11 is 3.48. The van der Waals surface area contributed by atoms with Crippen molar-refractivity contribution in [2.24, 2.45) is 5.92 Å². The van der Waals surface area contributed by atoms with Gasteiger partial charge in [0.2, 0.25) is 5.91 Å². The highest BCUT2D eigenvalue weighted by Crippen LogP contribution is 2.21. The summed E-state index contributed by atoms with van der Waals surface area (Å²) in [6.07, 6.45) is 4.07. The van der Waals surface area contributed by atoms with Gasteiger partial charge in [-0.15, -0.1) is 0 Å². The molecule has 1 heterocycles. The molecule has 1 aromatic rings. The molecule has 1 atom stereocenters. The molecule has 4 heteroatoms. The fraction of sp³-hybridized carbons (Fsp3) is 0.533. The predicted octanol–water partition coefficient (Wildman–Crippen LogP) is 3.48. The molecule has 0 spiro atoms. The minimum absolute atomic E-state index is 0.112. The Bertz CT molecular complexity index is 442. The molecule has 104 valence electrons. The van der Waals surface area contributed by atoms with Crippen molar-refractivity contribution in [3.05, 3.63) is 28.2 Å². The van der Waals surface area contributed by atoms with Crippen LogP contribution in [0.15, 0.2) is 22.7 Å². The zero-order valence-corrected chi connectivity index (χ0v) is 12.9. The molecule has 1 saturated heterocycles. The number of aryl methyl sites for hydroxylation is 1. The van der Waals surface area contributed by atoms with Crippen LogP contribution in [0.25, 0.3) is 0 Å². The van der Waals surface area contributed by atoms with Gasteiger partial charge in [-0.2, -0.15) is 0 Å². The molecular formula is C15H21BrN2O. The number of benzene rings is 1. The van der Waals surface area contributed by atoms with E-state index in [0.29, 0.717) is 12.3 Å². The maximum atomic E-state index is 11.9. The molecule has 0 aromatic heterocycles. The van der Waals surface area contributed by atoms with Gasteiger partial charge in [-0.05, 0) is 62.9 Å². The molecule has 3 nitrogen and oxygen atoms in total. The number of amides is 1. The van der Waals surface area contributed by atoms with E-state index in [9.17, 15) is 4.79 Å². The second-order valence-corrected chi connectivity index (χ2v) is 6.12. The summed E-state index contributed by atoms with van der Waals surface area (Å²) in [4.78, 5) is 11.9. The van der Waals surface area contributed by atoms with E-state index in [1.165, 1.54) is 18.4 Å². The van der Waals surface area contributed by atoms with Gasteiger partial charge in [0.25, 0.3) is 0 Å². The molecule has 1 aliphatic rings. The van der Waals surface area contributed by atoms with Gasteiger partial charge < -0.3 is 10.6 Å². The molecule has 0 saturated carbocycles. The average molecular weight is 325 g/mol. The SMILES string of the molecule is Cc1ccc(NC(=O)CCC2CCCNC2)cc1Br. The Hall–Kier alpha value is -0.870. The summed E-state index contributed by atoms with van der Waals surface area (Å²) in [5.41, 5.74) is 2.04. The highest BCUT2D eigenvalue weighted by atomic mass is 79.9. The first-order valence-electron chi connectivity index (χ1n) is 6.92. The van der Waals surface area contributed by atoms with E-state index in [0.717, 1.165) is 29.7 Å². The molecule has 1 amide bonds. The molecule has 19 heavy (non-hydrogen) atoms. The Morgan fingerprint density at radius 1 is 1.53 bits per heavy atom. The number of nitrogens with one attached hydrogen (secondary N) is 2. The zero-order chi connectivity index (χ0) is 13.7. The minimum Gasteiger partial charge on any atom is -0.326 e.